The number of carbonyl (C=O) groups is 1. The smallest absolute Gasteiger partial charge is 0.250 e. The van der Waals surface area contributed by atoms with Gasteiger partial charge in [-0.2, -0.15) is 0 Å². The molecule has 2 unspecified atom stereocenters. The van der Waals surface area contributed by atoms with Crippen molar-refractivity contribution in [3.8, 4) is 0 Å². The number of halogens is 1. The van der Waals surface area contributed by atoms with Crippen molar-refractivity contribution in [2.24, 2.45) is 0 Å². The first-order valence-corrected chi connectivity index (χ1v) is 6.58. The Bertz CT molecular complexity index is 397. The summed E-state index contributed by atoms with van der Waals surface area (Å²) in [6, 6.07) is 9.72. The molecule has 20 heavy (non-hydrogen) atoms. The highest BCUT2D eigenvalue weighted by atomic mass is 35.5. The van der Waals surface area contributed by atoms with Gasteiger partial charge in [-0.1, -0.05) is 30.3 Å². The monoisotopic (exact) mass is 300 g/mol. The van der Waals surface area contributed by atoms with Crippen molar-refractivity contribution in [2.45, 2.75) is 18.6 Å². The maximum atomic E-state index is 11.8. The van der Waals surface area contributed by atoms with E-state index in [2.05, 4.69) is 10.6 Å². The van der Waals surface area contributed by atoms with Crippen LogP contribution in [0.3, 0.4) is 0 Å². The van der Waals surface area contributed by atoms with Crippen LogP contribution in [0.5, 0.6) is 0 Å². The number of aliphatic hydroxyl groups excluding tert-OH is 1. The number of rotatable bonds is 5. The van der Waals surface area contributed by atoms with Gasteiger partial charge in [-0.15, -0.1) is 12.4 Å². The highest BCUT2D eigenvalue weighted by Gasteiger charge is 2.21. The molecule has 2 rings (SSSR count). The van der Waals surface area contributed by atoms with E-state index in [1.165, 1.54) is 0 Å². The topological polar surface area (TPSA) is 70.6 Å². The maximum absolute atomic E-state index is 11.8. The second kappa shape index (κ2) is 8.92. The van der Waals surface area contributed by atoms with Gasteiger partial charge < -0.3 is 20.5 Å². The van der Waals surface area contributed by atoms with E-state index in [4.69, 9.17) is 4.74 Å². The molecule has 3 N–H and O–H groups in total. The summed E-state index contributed by atoms with van der Waals surface area (Å²) in [5.41, 5.74) is 1.06. The fourth-order valence-electron chi connectivity index (χ4n) is 2.02. The number of aliphatic hydroxyl groups is 1. The number of carbonyl (C=O) groups excluding carboxylic acids is 1. The molecule has 1 fully saturated rings. The summed E-state index contributed by atoms with van der Waals surface area (Å²) in [5.74, 6) is -0.167. The largest absolute Gasteiger partial charge is 0.391 e. The van der Waals surface area contributed by atoms with Gasteiger partial charge in [0, 0.05) is 26.1 Å². The number of amides is 1. The molecule has 1 saturated heterocycles. The van der Waals surface area contributed by atoms with Crippen LogP contribution in [0.25, 0.3) is 0 Å². The molecule has 0 spiro atoms. The van der Waals surface area contributed by atoms with Crippen molar-refractivity contribution >= 4 is 18.3 Å². The van der Waals surface area contributed by atoms with E-state index >= 15 is 0 Å². The normalized spacial score (nSPS) is 19.8. The molecule has 1 aromatic rings. The zero-order valence-electron chi connectivity index (χ0n) is 11.2. The molecule has 1 amide bonds. The summed E-state index contributed by atoms with van der Waals surface area (Å²) in [4.78, 5) is 11.8. The van der Waals surface area contributed by atoms with Gasteiger partial charge in [0.15, 0.2) is 0 Å². The Morgan fingerprint density at radius 2 is 2.20 bits per heavy atom. The molecule has 0 aromatic heterocycles. The molecule has 1 aliphatic rings. The SMILES string of the molecule is Cl.O=C(NCC(O)Cc1ccccc1)C1CNCCO1. The average Bonchev–Trinajstić information content (AvgIpc) is 2.47. The maximum Gasteiger partial charge on any atom is 0.250 e. The second-order valence-electron chi connectivity index (χ2n) is 4.65. The van der Waals surface area contributed by atoms with Crippen LogP contribution in [0.2, 0.25) is 0 Å². The van der Waals surface area contributed by atoms with Gasteiger partial charge in [0.2, 0.25) is 0 Å². The molecule has 0 aliphatic carbocycles. The minimum atomic E-state index is -0.581. The zero-order chi connectivity index (χ0) is 13.5. The summed E-state index contributed by atoms with van der Waals surface area (Å²) >= 11 is 0. The van der Waals surface area contributed by atoms with E-state index < -0.39 is 12.2 Å². The van der Waals surface area contributed by atoms with Gasteiger partial charge in [-0.3, -0.25) is 4.79 Å². The first kappa shape index (κ1) is 16.9. The molecule has 1 aliphatic heterocycles. The number of ether oxygens (including phenoxy) is 1. The predicted molar refractivity (Wildman–Crippen MR) is 79.0 cm³/mol. The molecule has 5 nitrogen and oxygen atoms in total. The first-order valence-electron chi connectivity index (χ1n) is 6.58. The lowest BCUT2D eigenvalue weighted by Crippen LogP contribution is -2.49. The van der Waals surface area contributed by atoms with Gasteiger partial charge in [0.05, 0.1) is 12.7 Å². The van der Waals surface area contributed by atoms with Gasteiger partial charge in [-0.05, 0) is 5.56 Å². The molecule has 1 heterocycles. The molecule has 0 radical (unpaired) electrons. The van der Waals surface area contributed by atoms with E-state index in [1.807, 2.05) is 30.3 Å². The number of morpholine rings is 1. The van der Waals surface area contributed by atoms with Gasteiger partial charge in [0.25, 0.3) is 5.91 Å². The Balaban J connectivity index is 0.00000200. The summed E-state index contributed by atoms with van der Waals surface area (Å²) in [7, 11) is 0. The van der Waals surface area contributed by atoms with Gasteiger partial charge >= 0.3 is 0 Å². The van der Waals surface area contributed by atoms with Crippen molar-refractivity contribution in [1.29, 1.82) is 0 Å². The highest BCUT2D eigenvalue weighted by molar-refractivity contribution is 5.85. The van der Waals surface area contributed by atoms with E-state index in [9.17, 15) is 9.90 Å². The Labute approximate surface area is 125 Å². The summed E-state index contributed by atoms with van der Waals surface area (Å²) < 4.78 is 5.33. The predicted octanol–water partition coefficient (Wildman–Crippen LogP) is 0.116. The summed E-state index contributed by atoms with van der Waals surface area (Å²) in [6.45, 7) is 2.10. The van der Waals surface area contributed by atoms with Crippen LogP contribution in [-0.2, 0) is 16.0 Å². The van der Waals surface area contributed by atoms with E-state index in [-0.39, 0.29) is 24.9 Å². The molecule has 0 bridgehead atoms. The number of nitrogens with one attached hydrogen (secondary N) is 2. The summed E-state index contributed by atoms with van der Waals surface area (Å²) in [6.07, 6.45) is -0.495. The quantitative estimate of drug-likeness (QED) is 0.722. The van der Waals surface area contributed by atoms with Crippen LogP contribution in [0.1, 0.15) is 5.56 Å². The minimum absolute atomic E-state index is 0. The van der Waals surface area contributed by atoms with Crippen molar-refractivity contribution in [1.82, 2.24) is 10.6 Å². The lowest BCUT2D eigenvalue weighted by Gasteiger charge is -2.23. The van der Waals surface area contributed by atoms with E-state index in [1.54, 1.807) is 0 Å². The van der Waals surface area contributed by atoms with Crippen LogP contribution in [0, 0.1) is 0 Å². The summed E-state index contributed by atoms with van der Waals surface area (Å²) in [5, 5.41) is 15.7. The molecule has 0 saturated carbocycles. The third-order valence-electron chi connectivity index (χ3n) is 3.05. The number of hydrogen-bond donors (Lipinski definition) is 3. The third kappa shape index (κ3) is 5.46. The Morgan fingerprint density at radius 1 is 1.45 bits per heavy atom. The highest BCUT2D eigenvalue weighted by Crippen LogP contribution is 2.03. The number of hydrogen-bond acceptors (Lipinski definition) is 4. The minimum Gasteiger partial charge on any atom is -0.391 e. The third-order valence-corrected chi connectivity index (χ3v) is 3.05. The molecule has 112 valence electrons. The van der Waals surface area contributed by atoms with Crippen LogP contribution >= 0.6 is 12.4 Å². The fourth-order valence-corrected chi connectivity index (χ4v) is 2.02. The average molecular weight is 301 g/mol. The van der Waals surface area contributed by atoms with Crippen molar-refractivity contribution in [3.05, 3.63) is 35.9 Å². The van der Waals surface area contributed by atoms with Crippen LogP contribution in [-0.4, -0.2) is 49.5 Å². The Kier molecular flexibility index (Phi) is 7.54. The molecular formula is C14H21ClN2O3. The van der Waals surface area contributed by atoms with Crippen LogP contribution in [0.15, 0.2) is 30.3 Å². The Morgan fingerprint density at radius 3 is 2.85 bits per heavy atom. The second-order valence-corrected chi connectivity index (χ2v) is 4.65. The molecule has 1 aromatic carbocycles. The fraction of sp³-hybridized carbons (Fsp3) is 0.500. The van der Waals surface area contributed by atoms with Crippen molar-refractivity contribution in [3.63, 3.8) is 0 Å². The first-order chi connectivity index (χ1) is 9.25. The molecule has 2 atom stereocenters. The van der Waals surface area contributed by atoms with Crippen LogP contribution in [0.4, 0.5) is 0 Å². The molecular weight excluding hydrogens is 280 g/mol. The molecule has 6 heteroatoms. The van der Waals surface area contributed by atoms with Gasteiger partial charge in [-0.25, -0.2) is 0 Å². The van der Waals surface area contributed by atoms with Crippen LogP contribution < -0.4 is 10.6 Å². The zero-order valence-corrected chi connectivity index (χ0v) is 12.1. The lowest BCUT2D eigenvalue weighted by atomic mass is 10.1. The standard InChI is InChI=1S/C14H20N2O3.ClH/c17-12(8-11-4-2-1-3-5-11)9-16-14(18)13-10-15-6-7-19-13;/h1-5,12-13,15,17H,6-10H2,(H,16,18);1H. The lowest BCUT2D eigenvalue weighted by molar-refractivity contribution is -0.134. The van der Waals surface area contributed by atoms with Crippen molar-refractivity contribution in [2.75, 3.05) is 26.2 Å². The Hall–Kier alpha value is -1.14. The van der Waals surface area contributed by atoms with Crippen molar-refractivity contribution < 1.29 is 14.6 Å². The van der Waals surface area contributed by atoms with E-state index in [0.717, 1.165) is 12.1 Å². The van der Waals surface area contributed by atoms with E-state index in [0.29, 0.717) is 19.6 Å². The van der Waals surface area contributed by atoms with Gasteiger partial charge in [0.1, 0.15) is 6.10 Å². The number of benzene rings is 1.